The van der Waals surface area contributed by atoms with Crippen molar-refractivity contribution in [2.45, 2.75) is 57.1 Å². The molecule has 0 aliphatic rings. The molecule has 2 atom stereocenters. The van der Waals surface area contributed by atoms with Crippen molar-refractivity contribution in [3.8, 4) is 0 Å². The summed E-state index contributed by atoms with van der Waals surface area (Å²) in [7, 11) is -3.97. The number of nitrogens with one attached hydrogen (secondary N) is 2. The maximum absolute atomic E-state index is 12.9. The number of benzene rings is 2. The zero-order valence-corrected chi connectivity index (χ0v) is 20.3. The first-order valence-corrected chi connectivity index (χ1v) is 12.4. The lowest BCUT2D eigenvalue weighted by atomic mass is 10.1. The monoisotopic (exact) mass is 482 g/mol. The van der Waals surface area contributed by atoms with Gasteiger partial charge in [-0.25, -0.2) is 8.42 Å². The molecule has 0 radical (unpaired) electrons. The van der Waals surface area contributed by atoms with E-state index >= 15 is 0 Å². The van der Waals surface area contributed by atoms with E-state index in [1.54, 1.807) is 43.0 Å². The molecule has 2 rings (SSSR count). The second-order valence-corrected chi connectivity index (χ2v) is 10.0. The van der Waals surface area contributed by atoms with Crippen molar-refractivity contribution in [2.75, 3.05) is 13.1 Å². The van der Waals surface area contributed by atoms with Crippen molar-refractivity contribution < 1.29 is 18.0 Å². The van der Waals surface area contributed by atoms with Crippen LogP contribution in [0.5, 0.6) is 0 Å². The lowest BCUT2D eigenvalue weighted by molar-refractivity contribution is -0.137. The van der Waals surface area contributed by atoms with Gasteiger partial charge in [0.25, 0.3) is 0 Å². The number of fused-ring (bicyclic) bond motifs is 1. The minimum atomic E-state index is -3.97. The van der Waals surface area contributed by atoms with Crippen LogP contribution < -0.4 is 15.8 Å². The van der Waals surface area contributed by atoms with Crippen LogP contribution in [-0.2, 0) is 19.6 Å². The molecule has 0 spiro atoms. The minimum Gasteiger partial charge on any atom is -0.343 e. The molecule has 0 aliphatic heterocycles. The van der Waals surface area contributed by atoms with Crippen LogP contribution in [0.25, 0.3) is 10.8 Å². The molecule has 4 N–H and O–H groups in total. The zero-order valence-electron chi connectivity index (χ0n) is 18.8. The molecule has 176 valence electrons. The molecule has 0 aromatic heterocycles. The third-order valence-corrected chi connectivity index (χ3v) is 6.82. The molecule has 0 unspecified atom stereocenters. The molecule has 0 saturated carbocycles. The zero-order chi connectivity index (χ0) is 24.1. The summed E-state index contributed by atoms with van der Waals surface area (Å²) in [4.78, 5) is 27.1. The maximum atomic E-state index is 12.9. The van der Waals surface area contributed by atoms with E-state index in [1.165, 1.54) is 12.1 Å². The Balaban J connectivity index is 2.15. The van der Waals surface area contributed by atoms with Gasteiger partial charge >= 0.3 is 0 Å². The predicted molar refractivity (Wildman–Crippen MR) is 127 cm³/mol. The van der Waals surface area contributed by atoms with Crippen molar-refractivity contribution in [2.24, 2.45) is 5.73 Å². The van der Waals surface area contributed by atoms with Gasteiger partial charge in [-0.1, -0.05) is 30.7 Å². The highest BCUT2D eigenvalue weighted by Gasteiger charge is 2.29. The Labute approximate surface area is 194 Å². The predicted octanol–water partition coefficient (Wildman–Crippen LogP) is 2.25. The molecule has 2 aromatic rings. The first-order valence-electron chi connectivity index (χ1n) is 10.5. The second-order valence-electron chi connectivity index (χ2n) is 7.88. The summed E-state index contributed by atoms with van der Waals surface area (Å²) in [6.07, 6.45) is 0.214. The molecule has 0 fully saturated rings. The molecule has 2 amide bonds. The molecule has 0 aliphatic carbocycles. The molecule has 32 heavy (non-hydrogen) atoms. The van der Waals surface area contributed by atoms with Gasteiger partial charge in [0.15, 0.2) is 0 Å². The average molecular weight is 483 g/mol. The molecule has 10 heteroatoms. The van der Waals surface area contributed by atoms with E-state index in [0.717, 1.165) is 5.39 Å². The molecule has 2 aromatic carbocycles. The van der Waals surface area contributed by atoms with Crippen LogP contribution >= 0.6 is 11.6 Å². The minimum absolute atomic E-state index is 0.0385. The van der Waals surface area contributed by atoms with Crippen LogP contribution in [-0.4, -0.2) is 56.3 Å². The van der Waals surface area contributed by atoms with Gasteiger partial charge in [-0.3, -0.25) is 9.59 Å². The Morgan fingerprint density at radius 2 is 1.72 bits per heavy atom. The van der Waals surface area contributed by atoms with Crippen molar-refractivity contribution in [1.29, 1.82) is 0 Å². The third-order valence-electron chi connectivity index (χ3n) is 5.11. The van der Waals surface area contributed by atoms with Gasteiger partial charge < -0.3 is 16.0 Å². The summed E-state index contributed by atoms with van der Waals surface area (Å²) in [6, 6.07) is 7.88. The van der Waals surface area contributed by atoms with E-state index in [9.17, 15) is 18.0 Å². The van der Waals surface area contributed by atoms with Gasteiger partial charge in [-0.05, 0) is 62.2 Å². The third kappa shape index (κ3) is 6.41. The smallest absolute Gasteiger partial charge is 0.245 e. The van der Waals surface area contributed by atoms with Gasteiger partial charge in [-0.2, -0.15) is 4.72 Å². The first kappa shape index (κ1) is 26.1. The normalized spacial score (nSPS) is 13.7. The van der Waals surface area contributed by atoms with Gasteiger partial charge in [0.05, 0.1) is 4.90 Å². The Hall–Kier alpha value is -2.20. The Morgan fingerprint density at radius 3 is 2.31 bits per heavy atom. The van der Waals surface area contributed by atoms with Crippen molar-refractivity contribution in [3.05, 3.63) is 41.4 Å². The standard InChI is InChI=1S/C22H31ClN4O4S/c1-5-20(21(28)25-15(4)22(29)27(11-10-24)14(2)3)26-32(30,31)19-9-7-16-12-18(23)8-6-17(16)13-19/h6-9,12-15,20,26H,5,10-11,24H2,1-4H3,(H,25,28)/t15-,20-/m0/s1. The average Bonchev–Trinajstić information content (AvgIpc) is 2.74. The van der Waals surface area contributed by atoms with Gasteiger partial charge in [0, 0.05) is 24.2 Å². The number of carbonyl (C=O) groups excluding carboxylic acids is 2. The summed E-state index contributed by atoms with van der Waals surface area (Å²) < 4.78 is 28.3. The van der Waals surface area contributed by atoms with Crippen LogP contribution in [0.4, 0.5) is 0 Å². The Bertz CT molecular complexity index is 1070. The molecule has 0 heterocycles. The molecule has 0 bridgehead atoms. The summed E-state index contributed by atoms with van der Waals surface area (Å²) in [5.41, 5.74) is 5.58. The van der Waals surface area contributed by atoms with E-state index in [4.69, 9.17) is 17.3 Å². The SMILES string of the molecule is CC[C@H](NS(=O)(=O)c1ccc2cc(Cl)ccc2c1)C(=O)N[C@@H](C)C(=O)N(CCN)C(C)C. The summed E-state index contributed by atoms with van der Waals surface area (Å²) in [5, 5.41) is 4.69. The number of hydrogen-bond acceptors (Lipinski definition) is 5. The highest BCUT2D eigenvalue weighted by molar-refractivity contribution is 7.89. The molecule has 0 saturated heterocycles. The van der Waals surface area contributed by atoms with Gasteiger partial charge in [0.2, 0.25) is 21.8 Å². The molecule has 8 nitrogen and oxygen atoms in total. The summed E-state index contributed by atoms with van der Waals surface area (Å²) in [5.74, 6) is -0.842. The number of carbonyl (C=O) groups is 2. The van der Waals surface area contributed by atoms with Crippen LogP contribution in [0.2, 0.25) is 5.02 Å². The van der Waals surface area contributed by atoms with Crippen molar-refractivity contribution in [1.82, 2.24) is 14.9 Å². The number of halogens is 1. The van der Waals surface area contributed by atoms with E-state index in [1.807, 2.05) is 13.8 Å². The largest absolute Gasteiger partial charge is 0.343 e. The Kier molecular flexibility index (Phi) is 9.03. The van der Waals surface area contributed by atoms with Gasteiger partial charge in [-0.15, -0.1) is 0 Å². The topological polar surface area (TPSA) is 122 Å². The number of nitrogens with two attached hydrogens (primary N) is 1. The van der Waals surface area contributed by atoms with Crippen LogP contribution in [0.15, 0.2) is 41.3 Å². The van der Waals surface area contributed by atoms with E-state index in [-0.39, 0.29) is 23.3 Å². The van der Waals surface area contributed by atoms with Crippen LogP contribution in [0, 0.1) is 0 Å². The fourth-order valence-corrected chi connectivity index (χ4v) is 4.82. The fraction of sp³-hybridized carbons (Fsp3) is 0.455. The lowest BCUT2D eigenvalue weighted by Gasteiger charge is -2.30. The number of sulfonamides is 1. The second kappa shape index (κ2) is 11.1. The summed E-state index contributed by atoms with van der Waals surface area (Å²) >= 11 is 5.98. The van der Waals surface area contributed by atoms with Gasteiger partial charge in [0.1, 0.15) is 12.1 Å². The quantitative estimate of drug-likeness (QED) is 0.479. The van der Waals surface area contributed by atoms with E-state index in [0.29, 0.717) is 23.5 Å². The lowest BCUT2D eigenvalue weighted by Crippen LogP contribution is -2.54. The fourth-order valence-electron chi connectivity index (χ4n) is 3.33. The van der Waals surface area contributed by atoms with E-state index < -0.39 is 28.0 Å². The molecular weight excluding hydrogens is 452 g/mol. The van der Waals surface area contributed by atoms with Crippen molar-refractivity contribution in [3.63, 3.8) is 0 Å². The maximum Gasteiger partial charge on any atom is 0.245 e. The number of amides is 2. The first-order chi connectivity index (χ1) is 15.0. The number of hydrogen-bond donors (Lipinski definition) is 3. The number of nitrogens with zero attached hydrogens (tertiary/aromatic N) is 1. The highest BCUT2D eigenvalue weighted by Crippen LogP contribution is 2.22. The van der Waals surface area contributed by atoms with E-state index in [2.05, 4.69) is 10.0 Å². The highest BCUT2D eigenvalue weighted by atomic mass is 35.5. The van der Waals surface area contributed by atoms with Crippen LogP contribution in [0.3, 0.4) is 0 Å². The Morgan fingerprint density at radius 1 is 1.09 bits per heavy atom. The van der Waals surface area contributed by atoms with Crippen molar-refractivity contribution >= 4 is 44.2 Å². The van der Waals surface area contributed by atoms with Crippen LogP contribution in [0.1, 0.15) is 34.1 Å². The summed E-state index contributed by atoms with van der Waals surface area (Å²) in [6.45, 7) is 7.66. The molecular formula is C22H31ClN4O4S. The number of rotatable bonds is 10.